The molecule has 0 unspecified atom stereocenters. The Morgan fingerprint density at radius 1 is 0.400 bits per heavy atom. The van der Waals surface area contributed by atoms with Gasteiger partial charge in [-0.05, 0) is 52.6 Å². The third kappa shape index (κ3) is 4.73. The van der Waals surface area contributed by atoms with Gasteiger partial charge < -0.3 is 4.42 Å². The number of hydrogen-bond donors (Lipinski definition) is 0. The topological polar surface area (TPSA) is 38.9 Å². The van der Waals surface area contributed by atoms with Gasteiger partial charge in [-0.3, -0.25) is 0 Å². The lowest BCUT2D eigenvalue weighted by molar-refractivity contribution is 0.669. The number of para-hydroxylation sites is 1. The summed E-state index contributed by atoms with van der Waals surface area (Å²) in [6.45, 7) is 0. The first kappa shape index (κ1) is 28.6. The number of fused-ring (bicyclic) bond motifs is 6. The molecule has 3 aromatic heterocycles. The predicted molar refractivity (Wildman–Crippen MR) is 209 cm³/mol. The van der Waals surface area contributed by atoms with Gasteiger partial charge in [0.15, 0.2) is 5.82 Å². The van der Waals surface area contributed by atoms with Crippen molar-refractivity contribution in [2.24, 2.45) is 0 Å². The number of rotatable bonds is 5. The van der Waals surface area contributed by atoms with Gasteiger partial charge in [-0.25, -0.2) is 9.97 Å². The standard InChI is InChI=1S/C46H28N2OS/c1-3-13-29(14-4-1)32-17-7-8-18-34(32)40-28-39(30-15-5-2-6-16-30)47-46(48-40)38-26-25-33(44-37-20-9-11-21-41(37)49-45(38)44)31-23-24-36-35-19-10-12-22-42(35)50-43(36)27-31/h1-28H. The monoisotopic (exact) mass is 656 g/mol. The number of aromatic nitrogens is 2. The van der Waals surface area contributed by atoms with Gasteiger partial charge in [-0.2, -0.15) is 0 Å². The maximum Gasteiger partial charge on any atom is 0.164 e. The van der Waals surface area contributed by atoms with Gasteiger partial charge in [0.2, 0.25) is 0 Å². The molecule has 3 heterocycles. The summed E-state index contributed by atoms with van der Waals surface area (Å²) < 4.78 is 9.32. The van der Waals surface area contributed by atoms with E-state index < -0.39 is 0 Å². The van der Waals surface area contributed by atoms with Crippen molar-refractivity contribution in [2.45, 2.75) is 0 Å². The maximum atomic E-state index is 6.74. The fraction of sp³-hybridized carbons (Fsp3) is 0. The normalized spacial score (nSPS) is 11.6. The molecule has 0 aliphatic heterocycles. The number of furan rings is 1. The first-order valence-corrected chi connectivity index (χ1v) is 17.6. The lowest BCUT2D eigenvalue weighted by Gasteiger charge is -2.14. The van der Waals surface area contributed by atoms with Crippen LogP contribution in [0.2, 0.25) is 0 Å². The molecular weight excluding hydrogens is 629 g/mol. The van der Waals surface area contributed by atoms with Crippen LogP contribution >= 0.6 is 11.3 Å². The van der Waals surface area contributed by atoms with Crippen molar-refractivity contribution in [1.29, 1.82) is 0 Å². The molecule has 50 heavy (non-hydrogen) atoms. The number of benzene rings is 7. The second-order valence-electron chi connectivity index (χ2n) is 12.5. The molecule has 3 nitrogen and oxygen atoms in total. The molecule has 0 N–H and O–H groups in total. The summed E-state index contributed by atoms with van der Waals surface area (Å²) >= 11 is 1.84. The minimum absolute atomic E-state index is 0.625. The SMILES string of the molecule is c1ccc(-c2cc(-c3ccccc3-c3ccccc3)nc(-c3ccc(-c4ccc5c(c4)sc4ccccc45)c4c3oc3ccccc34)n2)cc1. The van der Waals surface area contributed by atoms with E-state index in [0.717, 1.165) is 72.3 Å². The molecule has 0 saturated heterocycles. The van der Waals surface area contributed by atoms with Gasteiger partial charge >= 0.3 is 0 Å². The number of thiophene rings is 1. The highest BCUT2D eigenvalue weighted by molar-refractivity contribution is 7.25. The largest absolute Gasteiger partial charge is 0.455 e. The Hall–Kier alpha value is -6.36. The van der Waals surface area contributed by atoms with E-state index in [4.69, 9.17) is 14.4 Å². The summed E-state index contributed by atoms with van der Waals surface area (Å²) in [5.41, 5.74) is 10.8. The summed E-state index contributed by atoms with van der Waals surface area (Å²) in [6.07, 6.45) is 0. The van der Waals surface area contributed by atoms with Crippen molar-refractivity contribution < 1.29 is 4.42 Å². The Morgan fingerprint density at radius 3 is 1.88 bits per heavy atom. The summed E-state index contributed by atoms with van der Waals surface area (Å²) in [7, 11) is 0. The Labute approximate surface area is 292 Å². The molecule has 10 aromatic rings. The minimum atomic E-state index is 0.625. The first-order chi connectivity index (χ1) is 24.8. The van der Waals surface area contributed by atoms with Crippen molar-refractivity contribution in [1.82, 2.24) is 9.97 Å². The van der Waals surface area contributed by atoms with Crippen LogP contribution in [0.4, 0.5) is 0 Å². The van der Waals surface area contributed by atoms with E-state index in [1.807, 2.05) is 47.7 Å². The van der Waals surface area contributed by atoms with Crippen LogP contribution in [0.3, 0.4) is 0 Å². The van der Waals surface area contributed by atoms with E-state index in [1.54, 1.807) is 0 Å². The van der Waals surface area contributed by atoms with E-state index >= 15 is 0 Å². The zero-order valence-corrected chi connectivity index (χ0v) is 27.7. The third-order valence-corrected chi connectivity index (χ3v) is 10.7. The predicted octanol–water partition coefficient (Wildman–Crippen LogP) is 13.1. The molecule has 0 radical (unpaired) electrons. The van der Waals surface area contributed by atoms with Crippen molar-refractivity contribution in [3.63, 3.8) is 0 Å². The molecular formula is C46H28N2OS. The highest BCUT2D eigenvalue weighted by atomic mass is 32.1. The van der Waals surface area contributed by atoms with Crippen LogP contribution in [-0.4, -0.2) is 9.97 Å². The minimum Gasteiger partial charge on any atom is -0.455 e. The number of hydrogen-bond acceptors (Lipinski definition) is 4. The first-order valence-electron chi connectivity index (χ1n) is 16.7. The Balaban J connectivity index is 1.22. The zero-order valence-electron chi connectivity index (χ0n) is 26.9. The zero-order chi connectivity index (χ0) is 33.0. The van der Waals surface area contributed by atoms with Gasteiger partial charge in [-0.1, -0.05) is 140 Å². The van der Waals surface area contributed by atoms with Gasteiger partial charge in [0.1, 0.15) is 11.2 Å². The molecule has 7 aromatic carbocycles. The van der Waals surface area contributed by atoms with E-state index in [2.05, 4.69) is 133 Å². The molecule has 0 amide bonds. The Kier molecular flexibility index (Phi) is 6.68. The van der Waals surface area contributed by atoms with Crippen molar-refractivity contribution in [2.75, 3.05) is 0 Å². The van der Waals surface area contributed by atoms with Gasteiger partial charge in [0.05, 0.1) is 17.0 Å². The van der Waals surface area contributed by atoms with Crippen LogP contribution in [0.15, 0.2) is 174 Å². The van der Waals surface area contributed by atoms with Crippen LogP contribution in [0, 0.1) is 0 Å². The van der Waals surface area contributed by atoms with Gasteiger partial charge in [0, 0.05) is 42.1 Å². The summed E-state index contributed by atoms with van der Waals surface area (Å²) in [4.78, 5) is 10.5. The van der Waals surface area contributed by atoms with Crippen molar-refractivity contribution in [3.05, 3.63) is 170 Å². The fourth-order valence-corrected chi connectivity index (χ4v) is 8.32. The average Bonchev–Trinajstić information content (AvgIpc) is 3.77. The van der Waals surface area contributed by atoms with Crippen molar-refractivity contribution in [3.8, 4) is 56.2 Å². The van der Waals surface area contributed by atoms with E-state index in [1.165, 1.54) is 20.2 Å². The molecule has 0 atom stereocenters. The second kappa shape index (κ2) is 11.7. The van der Waals surface area contributed by atoms with Gasteiger partial charge in [-0.15, -0.1) is 11.3 Å². The molecule has 0 saturated carbocycles. The quantitative estimate of drug-likeness (QED) is 0.185. The fourth-order valence-electron chi connectivity index (χ4n) is 7.18. The Morgan fingerprint density at radius 2 is 1.04 bits per heavy atom. The van der Waals surface area contributed by atoms with E-state index in [0.29, 0.717) is 5.82 Å². The van der Waals surface area contributed by atoms with E-state index in [-0.39, 0.29) is 0 Å². The Bertz CT molecular complexity index is 2870. The lowest BCUT2D eigenvalue weighted by atomic mass is 9.95. The van der Waals surface area contributed by atoms with Gasteiger partial charge in [0.25, 0.3) is 0 Å². The van der Waals surface area contributed by atoms with Crippen molar-refractivity contribution >= 4 is 53.4 Å². The van der Waals surface area contributed by atoms with E-state index in [9.17, 15) is 0 Å². The highest BCUT2D eigenvalue weighted by Crippen LogP contribution is 2.44. The molecule has 0 aliphatic carbocycles. The van der Waals surface area contributed by atoms with Crippen LogP contribution in [0.25, 0.3) is 98.3 Å². The summed E-state index contributed by atoms with van der Waals surface area (Å²) in [5.74, 6) is 0.625. The smallest absolute Gasteiger partial charge is 0.164 e. The van der Waals surface area contributed by atoms with Crippen LogP contribution < -0.4 is 0 Å². The van der Waals surface area contributed by atoms with Crippen LogP contribution in [-0.2, 0) is 0 Å². The van der Waals surface area contributed by atoms with Crippen LogP contribution in [0.1, 0.15) is 0 Å². The summed E-state index contributed by atoms with van der Waals surface area (Å²) in [5, 5.41) is 4.73. The number of nitrogens with zero attached hydrogens (tertiary/aromatic N) is 2. The molecule has 4 heteroatoms. The second-order valence-corrected chi connectivity index (χ2v) is 13.6. The molecule has 0 bridgehead atoms. The molecule has 234 valence electrons. The molecule has 0 fully saturated rings. The highest BCUT2D eigenvalue weighted by Gasteiger charge is 2.21. The maximum absolute atomic E-state index is 6.74. The lowest BCUT2D eigenvalue weighted by Crippen LogP contribution is -1.97. The molecule has 10 rings (SSSR count). The summed E-state index contributed by atoms with van der Waals surface area (Å²) in [6, 6.07) is 59.5. The average molecular weight is 657 g/mol. The molecule has 0 spiro atoms. The molecule has 0 aliphatic rings. The third-order valence-electron chi connectivity index (χ3n) is 9.54. The van der Waals surface area contributed by atoms with Crippen LogP contribution in [0.5, 0.6) is 0 Å².